The predicted octanol–water partition coefficient (Wildman–Crippen LogP) is 5.01. The van der Waals surface area contributed by atoms with Crippen LogP contribution < -0.4 is 4.74 Å². The van der Waals surface area contributed by atoms with E-state index >= 15 is 0 Å². The number of rotatable bonds is 5. The van der Waals surface area contributed by atoms with Crippen LogP contribution in [0.1, 0.15) is 29.9 Å². The second kappa shape index (κ2) is 8.28. The first kappa shape index (κ1) is 18.8. The molecule has 0 aliphatic carbocycles. The lowest BCUT2D eigenvalue weighted by Crippen LogP contribution is -2.32. The van der Waals surface area contributed by atoms with E-state index in [1.807, 2.05) is 24.7 Å². The Kier molecular flexibility index (Phi) is 5.20. The highest BCUT2D eigenvalue weighted by Gasteiger charge is 2.22. The number of aromatic amines is 1. The van der Waals surface area contributed by atoms with E-state index in [0.29, 0.717) is 5.92 Å². The molecule has 0 saturated carbocycles. The maximum absolute atomic E-state index is 5.34. The van der Waals surface area contributed by atoms with Crippen molar-refractivity contribution in [3.05, 3.63) is 78.2 Å². The molecule has 30 heavy (non-hydrogen) atoms. The summed E-state index contributed by atoms with van der Waals surface area (Å²) in [7, 11) is 1.70. The Labute approximate surface area is 176 Å². The van der Waals surface area contributed by atoms with Crippen LogP contribution in [0.2, 0.25) is 0 Å². The first-order chi connectivity index (χ1) is 14.8. The fraction of sp³-hybridized carbons (Fsp3) is 0.280. The fourth-order valence-electron chi connectivity index (χ4n) is 4.49. The third-order valence-electron chi connectivity index (χ3n) is 6.21. The van der Waals surface area contributed by atoms with Crippen molar-refractivity contribution < 1.29 is 4.74 Å². The Morgan fingerprint density at radius 3 is 2.57 bits per heavy atom. The van der Waals surface area contributed by atoms with Gasteiger partial charge in [0.2, 0.25) is 0 Å². The number of pyridine rings is 1. The van der Waals surface area contributed by atoms with Gasteiger partial charge in [0.25, 0.3) is 0 Å². The Balaban J connectivity index is 1.30. The average molecular weight is 399 g/mol. The number of hydrogen-bond acceptors (Lipinski definition) is 4. The van der Waals surface area contributed by atoms with E-state index in [2.05, 4.69) is 62.5 Å². The Morgan fingerprint density at radius 1 is 1.00 bits per heavy atom. The Hall–Kier alpha value is -3.18. The van der Waals surface area contributed by atoms with Crippen LogP contribution >= 0.6 is 0 Å². The van der Waals surface area contributed by atoms with Crippen LogP contribution in [0.3, 0.4) is 0 Å². The number of piperidine rings is 1. The lowest BCUT2D eigenvalue weighted by atomic mass is 9.90. The lowest BCUT2D eigenvalue weighted by Gasteiger charge is -2.32. The summed E-state index contributed by atoms with van der Waals surface area (Å²) >= 11 is 0. The first-order valence-electron chi connectivity index (χ1n) is 10.5. The van der Waals surface area contributed by atoms with Gasteiger partial charge in [-0.25, -0.2) is 0 Å². The number of H-pyrrole nitrogens is 1. The quantitative estimate of drug-likeness (QED) is 0.513. The van der Waals surface area contributed by atoms with Gasteiger partial charge in [-0.2, -0.15) is 5.10 Å². The molecule has 5 nitrogen and oxygen atoms in total. The number of nitrogens with one attached hydrogen (secondary N) is 1. The number of nitrogens with zero attached hydrogens (tertiary/aromatic N) is 3. The molecule has 0 atom stereocenters. The molecule has 0 amide bonds. The van der Waals surface area contributed by atoms with Crippen molar-refractivity contribution in [2.45, 2.75) is 25.3 Å². The molecular formula is C25H26N4O. The van der Waals surface area contributed by atoms with E-state index in [1.165, 1.54) is 40.3 Å². The van der Waals surface area contributed by atoms with Gasteiger partial charge >= 0.3 is 0 Å². The molecule has 0 radical (unpaired) electrons. The van der Waals surface area contributed by atoms with Gasteiger partial charge in [0.15, 0.2) is 0 Å². The van der Waals surface area contributed by atoms with Crippen LogP contribution in [0.25, 0.3) is 22.0 Å². The van der Waals surface area contributed by atoms with E-state index in [9.17, 15) is 0 Å². The summed E-state index contributed by atoms with van der Waals surface area (Å²) in [5.41, 5.74) is 4.96. The van der Waals surface area contributed by atoms with Crippen molar-refractivity contribution in [2.24, 2.45) is 0 Å². The highest BCUT2D eigenvalue weighted by Crippen LogP contribution is 2.31. The van der Waals surface area contributed by atoms with Crippen molar-refractivity contribution in [1.82, 2.24) is 20.1 Å². The third-order valence-corrected chi connectivity index (χ3v) is 6.21. The minimum atomic E-state index is 0.644. The number of hydrogen-bond donors (Lipinski definition) is 1. The first-order valence-corrected chi connectivity index (χ1v) is 10.5. The molecule has 0 spiro atoms. The maximum atomic E-state index is 5.34. The van der Waals surface area contributed by atoms with Crippen LogP contribution in [0, 0.1) is 0 Å². The molecule has 3 heterocycles. The predicted molar refractivity (Wildman–Crippen MR) is 120 cm³/mol. The van der Waals surface area contributed by atoms with Crippen molar-refractivity contribution in [1.29, 1.82) is 0 Å². The van der Waals surface area contributed by atoms with Crippen LogP contribution in [0.15, 0.2) is 67.1 Å². The molecule has 1 fully saturated rings. The molecule has 4 aromatic rings. The third kappa shape index (κ3) is 3.81. The molecule has 5 heteroatoms. The summed E-state index contributed by atoms with van der Waals surface area (Å²) < 4.78 is 5.34. The largest absolute Gasteiger partial charge is 0.497 e. The average Bonchev–Trinajstić information content (AvgIpc) is 3.27. The molecule has 0 unspecified atom stereocenters. The van der Waals surface area contributed by atoms with E-state index in [1.54, 1.807) is 7.11 Å². The van der Waals surface area contributed by atoms with Gasteiger partial charge in [-0.3, -0.25) is 15.0 Å². The number of likely N-dealkylation sites (tertiary alicyclic amines) is 1. The second-order valence-corrected chi connectivity index (χ2v) is 8.03. The SMILES string of the molecule is COc1ccc2cc(-c3[nH]ncc3CN3CCC(c4ccncc4)CC3)ccc2c1. The molecule has 5 rings (SSSR count). The highest BCUT2D eigenvalue weighted by molar-refractivity contribution is 5.88. The molecule has 152 valence electrons. The summed E-state index contributed by atoms with van der Waals surface area (Å²) in [5.74, 6) is 1.53. The zero-order valence-corrected chi connectivity index (χ0v) is 17.2. The Morgan fingerprint density at radius 2 is 1.77 bits per heavy atom. The maximum Gasteiger partial charge on any atom is 0.119 e. The van der Waals surface area contributed by atoms with Gasteiger partial charge in [0.05, 0.1) is 19.0 Å². The molecule has 2 aromatic carbocycles. The molecule has 1 saturated heterocycles. The van der Waals surface area contributed by atoms with Crippen molar-refractivity contribution >= 4 is 10.8 Å². The minimum absolute atomic E-state index is 0.644. The van der Waals surface area contributed by atoms with Crippen LogP contribution in [0.4, 0.5) is 0 Å². The van der Waals surface area contributed by atoms with Crippen LogP contribution in [0.5, 0.6) is 5.75 Å². The zero-order chi connectivity index (χ0) is 20.3. The summed E-state index contributed by atoms with van der Waals surface area (Å²) in [6.45, 7) is 3.14. The number of ether oxygens (including phenoxy) is 1. The van der Waals surface area contributed by atoms with Crippen LogP contribution in [-0.2, 0) is 6.54 Å². The molecule has 1 aliphatic heterocycles. The van der Waals surface area contributed by atoms with Crippen molar-refractivity contribution in [3.8, 4) is 17.0 Å². The van der Waals surface area contributed by atoms with E-state index in [4.69, 9.17) is 4.74 Å². The van der Waals surface area contributed by atoms with E-state index in [0.717, 1.165) is 31.1 Å². The number of methoxy groups -OCH3 is 1. The number of aromatic nitrogens is 3. The van der Waals surface area contributed by atoms with E-state index < -0.39 is 0 Å². The lowest BCUT2D eigenvalue weighted by molar-refractivity contribution is 0.205. The summed E-state index contributed by atoms with van der Waals surface area (Å²) in [6, 6.07) is 17.0. The monoisotopic (exact) mass is 398 g/mol. The van der Waals surface area contributed by atoms with Gasteiger partial charge in [0.1, 0.15) is 5.75 Å². The standard InChI is InChI=1S/C25H26N4O/c1-30-24-5-4-20-14-22(3-2-21(20)15-24)25-23(16-27-28-25)17-29-12-8-19(9-13-29)18-6-10-26-11-7-18/h2-7,10-11,14-16,19H,8-9,12-13,17H2,1H3,(H,27,28). The smallest absolute Gasteiger partial charge is 0.119 e. The topological polar surface area (TPSA) is 54.0 Å². The van der Waals surface area contributed by atoms with Gasteiger partial charge in [-0.05, 0) is 78.5 Å². The number of benzene rings is 2. The summed E-state index contributed by atoms with van der Waals surface area (Å²) in [6.07, 6.45) is 8.16. The summed E-state index contributed by atoms with van der Waals surface area (Å²) in [4.78, 5) is 6.68. The fourth-order valence-corrected chi connectivity index (χ4v) is 4.49. The second-order valence-electron chi connectivity index (χ2n) is 8.03. The molecular weight excluding hydrogens is 372 g/mol. The van der Waals surface area contributed by atoms with Crippen molar-refractivity contribution in [2.75, 3.05) is 20.2 Å². The highest BCUT2D eigenvalue weighted by atomic mass is 16.5. The zero-order valence-electron chi connectivity index (χ0n) is 17.2. The van der Waals surface area contributed by atoms with Gasteiger partial charge in [-0.15, -0.1) is 0 Å². The normalized spacial score (nSPS) is 15.5. The molecule has 1 aliphatic rings. The van der Waals surface area contributed by atoms with Crippen LogP contribution in [-0.4, -0.2) is 40.3 Å². The van der Waals surface area contributed by atoms with Gasteiger partial charge in [0, 0.05) is 30.1 Å². The summed E-state index contributed by atoms with van der Waals surface area (Å²) in [5, 5.41) is 9.96. The molecule has 1 N–H and O–H groups in total. The number of fused-ring (bicyclic) bond motifs is 1. The van der Waals surface area contributed by atoms with Gasteiger partial charge in [-0.1, -0.05) is 18.2 Å². The Bertz CT molecular complexity index is 1130. The molecule has 2 aromatic heterocycles. The van der Waals surface area contributed by atoms with E-state index in [-0.39, 0.29) is 0 Å². The van der Waals surface area contributed by atoms with Crippen molar-refractivity contribution in [3.63, 3.8) is 0 Å². The minimum Gasteiger partial charge on any atom is -0.497 e. The van der Waals surface area contributed by atoms with Gasteiger partial charge < -0.3 is 4.74 Å². The molecule has 0 bridgehead atoms.